The zero-order chi connectivity index (χ0) is 17.3. The highest BCUT2D eigenvalue weighted by molar-refractivity contribution is 5.75. The maximum Gasteiger partial charge on any atom is 0.220 e. The number of nitrogens with one attached hydrogen (secondary N) is 1. The van der Waals surface area contributed by atoms with Gasteiger partial charge < -0.3 is 10.1 Å². The average Bonchev–Trinajstić information content (AvgIpc) is 3.15. The van der Waals surface area contributed by atoms with Gasteiger partial charge in [-0.05, 0) is 37.7 Å². The summed E-state index contributed by atoms with van der Waals surface area (Å²) in [6.07, 6.45) is 12.5. The molecule has 0 radical (unpaired) electrons. The van der Waals surface area contributed by atoms with Gasteiger partial charge in [0.05, 0.1) is 0 Å². The van der Waals surface area contributed by atoms with Gasteiger partial charge in [0.2, 0.25) is 11.8 Å². The third kappa shape index (κ3) is 5.85. The van der Waals surface area contributed by atoms with Crippen LogP contribution in [0.1, 0.15) is 50.5 Å². The molecule has 2 aromatic rings. The molecule has 0 aliphatic heterocycles. The van der Waals surface area contributed by atoms with Gasteiger partial charge in [0.15, 0.2) is 0 Å². The lowest BCUT2D eigenvalue weighted by Crippen LogP contribution is -2.23. The molecule has 0 aromatic carbocycles. The summed E-state index contributed by atoms with van der Waals surface area (Å²) in [5, 5.41) is 6.93. The standard InChI is InChI=1S/C18H25N5O2/c24-17(7-4-10-23-14-19-13-22-23)20-11-15-8-9-18(21-12-15)25-16-5-2-1-3-6-16/h8-9,12-14,16H,1-7,10-11H2,(H,20,24). The van der Waals surface area contributed by atoms with Gasteiger partial charge in [-0.15, -0.1) is 0 Å². The second-order valence-corrected chi connectivity index (χ2v) is 6.42. The van der Waals surface area contributed by atoms with Crippen LogP contribution in [0.4, 0.5) is 0 Å². The molecule has 2 aromatic heterocycles. The SMILES string of the molecule is O=C(CCCn1cncn1)NCc1ccc(OC2CCCCC2)nc1. The Hall–Kier alpha value is -2.44. The van der Waals surface area contributed by atoms with E-state index >= 15 is 0 Å². The van der Waals surface area contributed by atoms with Gasteiger partial charge in [-0.25, -0.2) is 9.97 Å². The van der Waals surface area contributed by atoms with Crippen molar-refractivity contribution < 1.29 is 9.53 Å². The molecule has 7 heteroatoms. The molecule has 1 aliphatic carbocycles. The van der Waals surface area contributed by atoms with E-state index in [-0.39, 0.29) is 5.91 Å². The Kier molecular flexibility index (Phi) is 6.36. The minimum atomic E-state index is 0.0302. The molecule has 1 amide bonds. The van der Waals surface area contributed by atoms with Crippen LogP contribution in [0.25, 0.3) is 0 Å². The topological polar surface area (TPSA) is 81.9 Å². The first-order valence-corrected chi connectivity index (χ1v) is 9.00. The van der Waals surface area contributed by atoms with Gasteiger partial charge in [-0.3, -0.25) is 9.48 Å². The second-order valence-electron chi connectivity index (χ2n) is 6.42. The molecule has 25 heavy (non-hydrogen) atoms. The van der Waals surface area contributed by atoms with Crippen LogP contribution in [0.5, 0.6) is 5.88 Å². The Balaban J connectivity index is 1.35. The predicted molar refractivity (Wildman–Crippen MR) is 92.8 cm³/mol. The monoisotopic (exact) mass is 343 g/mol. The van der Waals surface area contributed by atoms with E-state index < -0.39 is 0 Å². The molecule has 1 aliphatic rings. The third-order valence-electron chi connectivity index (χ3n) is 4.38. The fourth-order valence-corrected chi connectivity index (χ4v) is 2.98. The quantitative estimate of drug-likeness (QED) is 0.796. The zero-order valence-electron chi connectivity index (χ0n) is 14.4. The van der Waals surface area contributed by atoms with Crippen molar-refractivity contribution in [3.8, 4) is 5.88 Å². The normalized spacial score (nSPS) is 15.0. The largest absolute Gasteiger partial charge is 0.474 e. The van der Waals surface area contributed by atoms with Gasteiger partial charge in [0.1, 0.15) is 18.8 Å². The minimum Gasteiger partial charge on any atom is -0.474 e. The van der Waals surface area contributed by atoms with Crippen molar-refractivity contribution in [3.63, 3.8) is 0 Å². The second kappa shape index (κ2) is 9.15. The highest BCUT2D eigenvalue weighted by Crippen LogP contribution is 2.22. The number of rotatable bonds is 8. The molecule has 0 atom stereocenters. The number of carbonyl (C=O) groups excluding carboxylic acids is 1. The highest BCUT2D eigenvalue weighted by Gasteiger charge is 2.15. The summed E-state index contributed by atoms with van der Waals surface area (Å²) in [7, 11) is 0. The number of hydrogen-bond acceptors (Lipinski definition) is 5. The first-order valence-electron chi connectivity index (χ1n) is 9.00. The third-order valence-corrected chi connectivity index (χ3v) is 4.38. The van der Waals surface area contributed by atoms with Crippen LogP contribution in [-0.2, 0) is 17.9 Å². The van der Waals surface area contributed by atoms with E-state index in [0.717, 1.165) is 24.8 Å². The van der Waals surface area contributed by atoms with Crippen molar-refractivity contribution in [1.82, 2.24) is 25.1 Å². The molecule has 2 heterocycles. The lowest BCUT2D eigenvalue weighted by Gasteiger charge is -2.22. The first kappa shape index (κ1) is 17.4. The number of amides is 1. The van der Waals surface area contributed by atoms with Crippen molar-refractivity contribution in [2.75, 3.05) is 0 Å². The van der Waals surface area contributed by atoms with Crippen molar-refractivity contribution in [2.24, 2.45) is 0 Å². The molecule has 0 saturated heterocycles. The summed E-state index contributed by atoms with van der Waals surface area (Å²) >= 11 is 0. The molecule has 3 rings (SSSR count). The number of hydrogen-bond donors (Lipinski definition) is 1. The summed E-state index contributed by atoms with van der Waals surface area (Å²) < 4.78 is 7.64. The number of carbonyl (C=O) groups is 1. The van der Waals surface area contributed by atoms with Crippen molar-refractivity contribution in [2.45, 2.75) is 64.1 Å². The molecular weight excluding hydrogens is 318 g/mol. The van der Waals surface area contributed by atoms with Gasteiger partial charge in [-0.1, -0.05) is 12.5 Å². The fraction of sp³-hybridized carbons (Fsp3) is 0.556. The maximum atomic E-state index is 11.9. The van der Waals surface area contributed by atoms with E-state index in [0.29, 0.717) is 31.5 Å². The van der Waals surface area contributed by atoms with E-state index in [4.69, 9.17) is 4.74 Å². The van der Waals surface area contributed by atoms with Crippen LogP contribution >= 0.6 is 0 Å². The van der Waals surface area contributed by atoms with Crippen LogP contribution in [0, 0.1) is 0 Å². The molecule has 134 valence electrons. The van der Waals surface area contributed by atoms with Crippen LogP contribution in [-0.4, -0.2) is 31.8 Å². The predicted octanol–water partition coefficient (Wildman–Crippen LogP) is 2.48. The Labute approximate surface area is 147 Å². The summed E-state index contributed by atoms with van der Waals surface area (Å²) in [4.78, 5) is 20.1. The van der Waals surface area contributed by atoms with Crippen LogP contribution in [0.3, 0.4) is 0 Å². The summed E-state index contributed by atoms with van der Waals surface area (Å²) in [5.41, 5.74) is 0.973. The van der Waals surface area contributed by atoms with E-state index in [1.54, 1.807) is 17.2 Å². The number of nitrogens with zero attached hydrogens (tertiary/aromatic N) is 4. The molecule has 0 spiro atoms. The molecule has 1 fully saturated rings. The Morgan fingerprint density at radius 2 is 2.16 bits per heavy atom. The number of aryl methyl sites for hydroxylation is 1. The zero-order valence-corrected chi connectivity index (χ0v) is 14.4. The smallest absolute Gasteiger partial charge is 0.220 e. The van der Waals surface area contributed by atoms with Gasteiger partial charge >= 0.3 is 0 Å². The van der Waals surface area contributed by atoms with Crippen molar-refractivity contribution in [1.29, 1.82) is 0 Å². The summed E-state index contributed by atoms with van der Waals surface area (Å²) in [5.74, 6) is 0.706. The molecule has 0 unspecified atom stereocenters. The minimum absolute atomic E-state index is 0.0302. The lowest BCUT2D eigenvalue weighted by atomic mass is 9.98. The first-order chi connectivity index (χ1) is 12.3. The number of pyridine rings is 1. The Morgan fingerprint density at radius 1 is 1.28 bits per heavy atom. The molecule has 7 nitrogen and oxygen atoms in total. The van der Waals surface area contributed by atoms with Gasteiger partial charge in [0.25, 0.3) is 0 Å². The van der Waals surface area contributed by atoms with E-state index in [1.165, 1.54) is 25.6 Å². The average molecular weight is 343 g/mol. The van der Waals surface area contributed by atoms with Crippen molar-refractivity contribution >= 4 is 5.91 Å². The highest BCUT2D eigenvalue weighted by atomic mass is 16.5. The Bertz CT molecular complexity index is 636. The Morgan fingerprint density at radius 3 is 2.88 bits per heavy atom. The summed E-state index contributed by atoms with van der Waals surface area (Å²) in [6, 6.07) is 3.85. The van der Waals surface area contributed by atoms with E-state index in [1.807, 2.05) is 12.1 Å². The van der Waals surface area contributed by atoms with Gasteiger partial charge in [-0.2, -0.15) is 5.10 Å². The number of ether oxygens (including phenoxy) is 1. The molecule has 1 N–H and O–H groups in total. The van der Waals surface area contributed by atoms with Gasteiger partial charge in [0, 0.05) is 31.8 Å². The fourth-order valence-electron chi connectivity index (χ4n) is 2.98. The number of aromatic nitrogens is 4. The van der Waals surface area contributed by atoms with Crippen LogP contribution in [0.2, 0.25) is 0 Å². The molecule has 0 bridgehead atoms. The molecular formula is C18H25N5O2. The molecule has 1 saturated carbocycles. The lowest BCUT2D eigenvalue weighted by molar-refractivity contribution is -0.121. The summed E-state index contributed by atoms with van der Waals surface area (Å²) in [6.45, 7) is 1.18. The van der Waals surface area contributed by atoms with E-state index in [2.05, 4.69) is 20.4 Å². The maximum absolute atomic E-state index is 11.9. The van der Waals surface area contributed by atoms with E-state index in [9.17, 15) is 4.79 Å². The van der Waals surface area contributed by atoms with Crippen LogP contribution < -0.4 is 10.1 Å². The van der Waals surface area contributed by atoms with Crippen molar-refractivity contribution in [3.05, 3.63) is 36.5 Å². The van der Waals surface area contributed by atoms with Crippen LogP contribution in [0.15, 0.2) is 31.0 Å².